The number of nitrogens with zero attached hydrogens (tertiary/aromatic N) is 4. The molecular formula is C19H26N6O2. The molecule has 1 aromatic carbocycles. The van der Waals surface area contributed by atoms with Gasteiger partial charge >= 0.3 is 0 Å². The predicted octanol–water partition coefficient (Wildman–Crippen LogP) is 2.36. The van der Waals surface area contributed by atoms with E-state index in [1.165, 1.54) is 0 Å². The lowest BCUT2D eigenvalue weighted by Gasteiger charge is -2.16. The highest BCUT2D eigenvalue weighted by Gasteiger charge is 2.17. The van der Waals surface area contributed by atoms with E-state index in [1.54, 1.807) is 17.5 Å². The van der Waals surface area contributed by atoms with E-state index in [-0.39, 0.29) is 12.3 Å². The van der Waals surface area contributed by atoms with Crippen molar-refractivity contribution in [3.63, 3.8) is 0 Å². The van der Waals surface area contributed by atoms with Crippen molar-refractivity contribution in [2.24, 2.45) is 0 Å². The van der Waals surface area contributed by atoms with Gasteiger partial charge in [-0.1, -0.05) is 44.2 Å². The maximum atomic E-state index is 10.1. The van der Waals surface area contributed by atoms with Crippen LogP contribution in [0.4, 0.5) is 11.5 Å². The van der Waals surface area contributed by atoms with Crippen LogP contribution in [0.15, 0.2) is 36.4 Å². The summed E-state index contributed by atoms with van der Waals surface area (Å²) >= 11 is 0. The molecule has 0 amide bonds. The molecule has 2 unspecified atom stereocenters. The van der Waals surface area contributed by atoms with Crippen molar-refractivity contribution in [2.45, 2.75) is 52.0 Å². The lowest BCUT2D eigenvalue weighted by molar-refractivity contribution is 0.106. The summed E-state index contributed by atoms with van der Waals surface area (Å²) in [6.07, 6.45) is -1.32. The summed E-state index contributed by atoms with van der Waals surface area (Å²) < 4.78 is 1.69. The summed E-state index contributed by atoms with van der Waals surface area (Å²) in [5.74, 6) is 1.36. The van der Waals surface area contributed by atoms with Crippen molar-refractivity contribution in [1.82, 2.24) is 19.8 Å². The molecule has 0 aliphatic heterocycles. The molecule has 8 heteroatoms. The van der Waals surface area contributed by atoms with Crippen LogP contribution in [0.2, 0.25) is 0 Å². The molecule has 0 saturated heterocycles. The highest BCUT2D eigenvalue weighted by atomic mass is 16.3. The smallest absolute Gasteiger partial charge is 0.201 e. The third-order valence-corrected chi connectivity index (χ3v) is 4.12. The number of hydrogen-bond acceptors (Lipinski definition) is 7. The van der Waals surface area contributed by atoms with Crippen molar-refractivity contribution in [2.75, 3.05) is 10.6 Å². The van der Waals surface area contributed by atoms with Crippen LogP contribution in [0.5, 0.6) is 0 Å². The van der Waals surface area contributed by atoms with E-state index < -0.39 is 12.3 Å². The largest absolute Gasteiger partial charge is 0.393 e. The standard InChI is InChI=1S/C19H26N6O2/c1-12(2)18-22-23-19-15(20-11-14-7-5-4-6-8-14)10-16(24-25(18)19)21-17(27)9-13(3)26/h4-8,10,12-13,17,20,26-27H,9,11H2,1-3H3,(H,21,24). The van der Waals surface area contributed by atoms with Gasteiger partial charge in [-0.3, -0.25) is 0 Å². The number of aliphatic hydroxyl groups excluding tert-OH is 2. The van der Waals surface area contributed by atoms with Gasteiger partial charge in [-0.2, -0.15) is 4.52 Å². The van der Waals surface area contributed by atoms with Crippen LogP contribution in [-0.2, 0) is 6.54 Å². The van der Waals surface area contributed by atoms with E-state index in [2.05, 4.69) is 25.9 Å². The normalized spacial score (nSPS) is 13.7. The number of benzene rings is 1. The summed E-state index contributed by atoms with van der Waals surface area (Å²) in [4.78, 5) is 0. The summed E-state index contributed by atoms with van der Waals surface area (Å²) in [6, 6.07) is 11.8. The zero-order valence-electron chi connectivity index (χ0n) is 15.8. The molecule has 0 bridgehead atoms. The van der Waals surface area contributed by atoms with Crippen molar-refractivity contribution in [1.29, 1.82) is 0 Å². The van der Waals surface area contributed by atoms with Gasteiger partial charge in [0.05, 0.1) is 11.8 Å². The number of aliphatic hydroxyl groups is 2. The molecule has 144 valence electrons. The van der Waals surface area contributed by atoms with Crippen LogP contribution in [0, 0.1) is 0 Å². The molecule has 0 aliphatic carbocycles. The molecule has 2 heterocycles. The Morgan fingerprint density at radius 3 is 2.48 bits per heavy atom. The van der Waals surface area contributed by atoms with E-state index >= 15 is 0 Å². The molecule has 2 atom stereocenters. The van der Waals surface area contributed by atoms with Gasteiger partial charge in [-0.25, -0.2) is 0 Å². The molecule has 0 radical (unpaired) electrons. The molecule has 27 heavy (non-hydrogen) atoms. The Bertz CT molecular complexity index is 879. The van der Waals surface area contributed by atoms with Gasteiger partial charge in [0.1, 0.15) is 6.23 Å². The van der Waals surface area contributed by atoms with E-state index in [1.807, 2.05) is 44.2 Å². The predicted molar refractivity (Wildman–Crippen MR) is 105 cm³/mol. The van der Waals surface area contributed by atoms with Crippen LogP contribution in [0.3, 0.4) is 0 Å². The number of nitrogens with one attached hydrogen (secondary N) is 2. The second kappa shape index (κ2) is 8.32. The Labute approximate surface area is 158 Å². The number of fused-ring (bicyclic) bond motifs is 1. The summed E-state index contributed by atoms with van der Waals surface area (Å²) in [6.45, 7) is 6.31. The quantitative estimate of drug-likeness (QED) is 0.451. The molecule has 0 saturated carbocycles. The third kappa shape index (κ3) is 4.72. The first-order chi connectivity index (χ1) is 12.9. The monoisotopic (exact) mass is 370 g/mol. The second-order valence-corrected chi connectivity index (χ2v) is 6.98. The molecular weight excluding hydrogens is 344 g/mol. The Balaban J connectivity index is 1.92. The lowest BCUT2D eigenvalue weighted by Crippen LogP contribution is -2.24. The number of anilines is 2. The molecule has 0 fully saturated rings. The summed E-state index contributed by atoms with van der Waals surface area (Å²) in [7, 11) is 0. The molecule has 8 nitrogen and oxygen atoms in total. The van der Waals surface area contributed by atoms with Crippen LogP contribution >= 0.6 is 0 Å². The van der Waals surface area contributed by atoms with E-state index in [9.17, 15) is 10.2 Å². The molecule has 4 N–H and O–H groups in total. The minimum absolute atomic E-state index is 0.145. The minimum Gasteiger partial charge on any atom is -0.393 e. The topological polar surface area (TPSA) is 108 Å². The summed E-state index contributed by atoms with van der Waals surface area (Å²) in [5, 5.41) is 38.9. The number of aromatic nitrogens is 4. The first kappa shape index (κ1) is 19.1. The Hall–Kier alpha value is -2.71. The van der Waals surface area contributed by atoms with Crippen molar-refractivity contribution < 1.29 is 10.2 Å². The van der Waals surface area contributed by atoms with Crippen LogP contribution < -0.4 is 10.6 Å². The zero-order chi connectivity index (χ0) is 19.4. The molecule has 3 rings (SSSR count). The number of rotatable bonds is 8. The second-order valence-electron chi connectivity index (χ2n) is 6.98. The highest BCUT2D eigenvalue weighted by Crippen LogP contribution is 2.23. The van der Waals surface area contributed by atoms with Gasteiger partial charge < -0.3 is 20.8 Å². The van der Waals surface area contributed by atoms with Crippen LogP contribution in [-0.4, -0.2) is 42.4 Å². The Morgan fingerprint density at radius 2 is 1.81 bits per heavy atom. The average Bonchev–Trinajstić information content (AvgIpc) is 3.04. The van der Waals surface area contributed by atoms with Crippen LogP contribution in [0.25, 0.3) is 5.65 Å². The maximum absolute atomic E-state index is 10.1. The van der Waals surface area contributed by atoms with Crippen molar-refractivity contribution >= 4 is 17.2 Å². The van der Waals surface area contributed by atoms with Gasteiger partial charge in [-0.15, -0.1) is 15.3 Å². The minimum atomic E-state index is -0.907. The van der Waals surface area contributed by atoms with E-state index in [4.69, 9.17) is 0 Å². The number of hydrogen-bond donors (Lipinski definition) is 4. The first-order valence-electron chi connectivity index (χ1n) is 9.11. The Morgan fingerprint density at radius 1 is 1.07 bits per heavy atom. The summed E-state index contributed by atoms with van der Waals surface area (Å²) in [5.41, 5.74) is 2.53. The molecule has 2 aromatic heterocycles. The lowest BCUT2D eigenvalue weighted by atomic mass is 10.2. The fourth-order valence-corrected chi connectivity index (χ4v) is 2.80. The third-order valence-electron chi connectivity index (χ3n) is 4.12. The van der Waals surface area contributed by atoms with Gasteiger partial charge in [0.2, 0.25) is 5.65 Å². The SMILES string of the molecule is CC(O)CC(O)Nc1cc(NCc2ccccc2)c2nnc(C(C)C)n2n1. The maximum Gasteiger partial charge on any atom is 0.201 e. The molecule has 0 aliphatic rings. The highest BCUT2D eigenvalue weighted by molar-refractivity contribution is 5.70. The fourth-order valence-electron chi connectivity index (χ4n) is 2.80. The Kier molecular flexibility index (Phi) is 5.88. The fraction of sp³-hybridized carbons (Fsp3) is 0.421. The molecule has 0 spiro atoms. The van der Waals surface area contributed by atoms with Crippen molar-refractivity contribution in [3.05, 3.63) is 47.8 Å². The first-order valence-corrected chi connectivity index (χ1v) is 9.11. The van der Waals surface area contributed by atoms with Gasteiger partial charge in [0, 0.05) is 24.9 Å². The van der Waals surface area contributed by atoms with Gasteiger partial charge in [-0.05, 0) is 12.5 Å². The van der Waals surface area contributed by atoms with Crippen molar-refractivity contribution in [3.8, 4) is 0 Å². The van der Waals surface area contributed by atoms with Gasteiger partial charge in [0.25, 0.3) is 0 Å². The van der Waals surface area contributed by atoms with E-state index in [0.29, 0.717) is 18.0 Å². The van der Waals surface area contributed by atoms with Crippen LogP contribution in [0.1, 0.15) is 44.5 Å². The average molecular weight is 370 g/mol. The van der Waals surface area contributed by atoms with E-state index in [0.717, 1.165) is 17.1 Å². The van der Waals surface area contributed by atoms with Gasteiger partial charge in [0.15, 0.2) is 11.6 Å². The zero-order valence-corrected chi connectivity index (χ0v) is 15.8. The molecule has 3 aromatic rings.